The van der Waals surface area contributed by atoms with Crippen LogP contribution < -0.4 is 0 Å². The Bertz CT molecular complexity index is 653. The minimum absolute atomic E-state index is 0.148. The number of H-pyrrole nitrogens is 1. The number of amides is 1. The highest BCUT2D eigenvalue weighted by Gasteiger charge is 2.22. The molecule has 0 bridgehead atoms. The van der Waals surface area contributed by atoms with Crippen molar-refractivity contribution in [2.45, 2.75) is 19.4 Å². The molecule has 1 aliphatic heterocycles. The zero-order valence-electron chi connectivity index (χ0n) is 10.8. The highest BCUT2D eigenvalue weighted by molar-refractivity contribution is 9.10. The number of benzene rings is 1. The summed E-state index contributed by atoms with van der Waals surface area (Å²) >= 11 is 9.39. The number of nitrogens with zero attached hydrogens (tertiary/aromatic N) is 1. The maximum atomic E-state index is 12.4. The Hall–Kier alpha value is -1.26. The van der Waals surface area contributed by atoms with E-state index in [1.54, 1.807) is 0 Å². The first kappa shape index (κ1) is 13.7. The molecule has 1 N–H and O–H groups in total. The van der Waals surface area contributed by atoms with Crippen molar-refractivity contribution in [3.05, 3.63) is 56.8 Å². The van der Waals surface area contributed by atoms with Crippen LogP contribution in [0, 0.1) is 0 Å². The van der Waals surface area contributed by atoms with E-state index in [1.165, 1.54) is 11.3 Å². The quantitative estimate of drug-likeness (QED) is 0.880. The third kappa shape index (κ3) is 2.91. The first-order valence-electron chi connectivity index (χ1n) is 6.50. The van der Waals surface area contributed by atoms with E-state index in [-0.39, 0.29) is 5.91 Å². The summed E-state index contributed by atoms with van der Waals surface area (Å²) in [5.41, 5.74) is 3.38. The van der Waals surface area contributed by atoms with E-state index in [2.05, 4.69) is 20.9 Å². The van der Waals surface area contributed by atoms with E-state index in [1.807, 2.05) is 35.2 Å². The predicted octanol–water partition coefficient (Wildman–Crippen LogP) is 3.56. The Morgan fingerprint density at radius 2 is 2.25 bits per heavy atom. The van der Waals surface area contributed by atoms with Gasteiger partial charge in [0.15, 0.2) is 0 Å². The number of carbonyl (C=O) groups excluding carboxylic acids is 1. The van der Waals surface area contributed by atoms with Crippen LogP contribution in [-0.4, -0.2) is 22.3 Å². The highest BCUT2D eigenvalue weighted by Crippen LogP contribution is 2.23. The lowest BCUT2D eigenvalue weighted by atomic mass is 10.1. The van der Waals surface area contributed by atoms with Crippen molar-refractivity contribution < 1.29 is 4.79 Å². The van der Waals surface area contributed by atoms with Crippen LogP contribution in [0.15, 0.2) is 34.9 Å². The molecule has 104 valence electrons. The summed E-state index contributed by atoms with van der Waals surface area (Å²) < 4.78 is 0.978. The topological polar surface area (TPSA) is 36.1 Å². The molecular formula is C15H14BrClN2O. The second-order valence-corrected chi connectivity index (χ2v) is 6.28. The lowest BCUT2D eigenvalue weighted by Gasteiger charge is -2.27. The fourth-order valence-corrected chi connectivity index (χ4v) is 3.27. The van der Waals surface area contributed by atoms with Crippen molar-refractivity contribution in [2.24, 2.45) is 0 Å². The summed E-state index contributed by atoms with van der Waals surface area (Å²) in [6, 6.07) is 9.53. The minimum atomic E-state index is 0.148. The Kier molecular flexibility index (Phi) is 3.85. The van der Waals surface area contributed by atoms with Crippen molar-refractivity contribution in [3.8, 4) is 0 Å². The molecule has 3 nitrogen and oxygen atoms in total. The van der Waals surface area contributed by atoms with Crippen LogP contribution in [0.4, 0.5) is 0 Å². The molecule has 1 aromatic carbocycles. The molecule has 0 spiro atoms. The SMILES string of the molecule is O=C(Cc1cccc(Cl)c1)N1CCc2[nH]c(Br)cc2C1. The molecule has 0 unspecified atom stereocenters. The summed E-state index contributed by atoms with van der Waals surface area (Å²) in [5.74, 6) is 0.148. The van der Waals surface area contributed by atoms with Gasteiger partial charge in [0.2, 0.25) is 5.91 Å². The van der Waals surface area contributed by atoms with Crippen LogP contribution in [0.2, 0.25) is 5.02 Å². The number of fused-ring (bicyclic) bond motifs is 1. The number of nitrogens with one attached hydrogen (secondary N) is 1. The molecule has 0 saturated carbocycles. The fraction of sp³-hybridized carbons (Fsp3) is 0.267. The van der Waals surface area contributed by atoms with Crippen LogP contribution in [0.1, 0.15) is 16.8 Å². The van der Waals surface area contributed by atoms with Crippen LogP contribution in [-0.2, 0) is 24.2 Å². The summed E-state index contributed by atoms with van der Waals surface area (Å²) in [5, 5.41) is 0.672. The van der Waals surface area contributed by atoms with Gasteiger partial charge in [0, 0.05) is 30.2 Å². The molecule has 0 fully saturated rings. The lowest BCUT2D eigenvalue weighted by molar-refractivity contribution is -0.131. The van der Waals surface area contributed by atoms with E-state index in [0.717, 1.165) is 23.1 Å². The maximum Gasteiger partial charge on any atom is 0.227 e. The van der Waals surface area contributed by atoms with Gasteiger partial charge in [0.1, 0.15) is 0 Å². The molecule has 0 radical (unpaired) electrons. The van der Waals surface area contributed by atoms with E-state index in [9.17, 15) is 4.79 Å². The van der Waals surface area contributed by atoms with Crippen LogP contribution in [0.3, 0.4) is 0 Å². The second kappa shape index (κ2) is 5.62. The number of rotatable bonds is 2. The molecular weight excluding hydrogens is 340 g/mol. The molecule has 1 amide bonds. The largest absolute Gasteiger partial charge is 0.353 e. The first-order valence-corrected chi connectivity index (χ1v) is 7.67. The van der Waals surface area contributed by atoms with Crippen molar-refractivity contribution in [1.29, 1.82) is 0 Å². The summed E-state index contributed by atoms with van der Waals surface area (Å²) in [6.07, 6.45) is 1.28. The third-order valence-corrected chi connectivity index (χ3v) is 4.21. The van der Waals surface area contributed by atoms with E-state index < -0.39 is 0 Å². The van der Waals surface area contributed by atoms with Crippen LogP contribution >= 0.6 is 27.5 Å². The molecule has 3 rings (SSSR count). The van der Waals surface area contributed by atoms with Crippen molar-refractivity contribution in [3.63, 3.8) is 0 Å². The fourth-order valence-electron chi connectivity index (χ4n) is 2.54. The third-order valence-electron chi connectivity index (χ3n) is 3.55. The van der Waals surface area contributed by atoms with Gasteiger partial charge < -0.3 is 9.88 Å². The Labute approximate surface area is 131 Å². The predicted molar refractivity (Wildman–Crippen MR) is 82.8 cm³/mol. The van der Waals surface area contributed by atoms with E-state index in [4.69, 9.17) is 11.6 Å². The Morgan fingerprint density at radius 1 is 1.40 bits per heavy atom. The number of hydrogen-bond donors (Lipinski definition) is 1. The van der Waals surface area contributed by atoms with Gasteiger partial charge in [-0.3, -0.25) is 4.79 Å². The van der Waals surface area contributed by atoms with Gasteiger partial charge in [0.25, 0.3) is 0 Å². The lowest BCUT2D eigenvalue weighted by Crippen LogP contribution is -2.36. The number of halogens is 2. The molecule has 2 heterocycles. The maximum absolute atomic E-state index is 12.4. The molecule has 1 aromatic heterocycles. The average molecular weight is 354 g/mol. The van der Waals surface area contributed by atoms with Gasteiger partial charge in [-0.1, -0.05) is 23.7 Å². The molecule has 0 saturated heterocycles. The molecule has 2 aromatic rings. The zero-order valence-corrected chi connectivity index (χ0v) is 13.2. The Balaban J connectivity index is 1.70. The van der Waals surface area contributed by atoms with Crippen molar-refractivity contribution in [2.75, 3.05) is 6.54 Å². The molecule has 0 aliphatic carbocycles. The number of carbonyl (C=O) groups is 1. The molecule has 20 heavy (non-hydrogen) atoms. The molecule has 1 aliphatic rings. The van der Waals surface area contributed by atoms with Gasteiger partial charge in [0.05, 0.1) is 11.0 Å². The number of aromatic nitrogens is 1. The van der Waals surface area contributed by atoms with Crippen LogP contribution in [0.25, 0.3) is 0 Å². The normalized spacial score (nSPS) is 14.2. The summed E-state index contributed by atoms with van der Waals surface area (Å²) in [4.78, 5) is 17.5. The highest BCUT2D eigenvalue weighted by atomic mass is 79.9. The molecule has 5 heteroatoms. The van der Waals surface area contributed by atoms with E-state index in [0.29, 0.717) is 18.0 Å². The van der Waals surface area contributed by atoms with Crippen LogP contribution in [0.5, 0.6) is 0 Å². The zero-order chi connectivity index (χ0) is 14.1. The molecule has 0 atom stereocenters. The van der Waals surface area contributed by atoms with Gasteiger partial charge in [-0.15, -0.1) is 0 Å². The number of hydrogen-bond acceptors (Lipinski definition) is 1. The summed E-state index contributed by atoms with van der Waals surface area (Å²) in [6.45, 7) is 1.44. The standard InChI is InChI=1S/C15H14BrClN2O/c16-14-8-11-9-19(5-4-13(11)18-14)15(20)7-10-2-1-3-12(17)6-10/h1-3,6,8,18H,4-5,7,9H2. The minimum Gasteiger partial charge on any atom is -0.353 e. The van der Waals surface area contributed by atoms with Gasteiger partial charge in [-0.2, -0.15) is 0 Å². The monoisotopic (exact) mass is 352 g/mol. The van der Waals surface area contributed by atoms with Crippen molar-refractivity contribution in [1.82, 2.24) is 9.88 Å². The van der Waals surface area contributed by atoms with E-state index >= 15 is 0 Å². The first-order chi connectivity index (χ1) is 9.61. The average Bonchev–Trinajstić information content (AvgIpc) is 2.77. The van der Waals surface area contributed by atoms with Crippen molar-refractivity contribution >= 4 is 33.4 Å². The van der Waals surface area contributed by atoms with Gasteiger partial charge in [-0.25, -0.2) is 0 Å². The van der Waals surface area contributed by atoms with Gasteiger partial charge >= 0.3 is 0 Å². The smallest absolute Gasteiger partial charge is 0.227 e. The summed E-state index contributed by atoms with van der Waals surface area (Å²) in [7, 11) is 0. The second-order valence-electron chi connectivity index (χ2n) is 4.99. The Morgan fingerprint density at radius 3 is 3.05 bits per heavy atom. The number of aromatic amines is 1. The van der Waals surface area contributed by atoms with Gasteiger partial charge in [-0.05, 0) is 45.3 Å².